The first-order valence-corrected chi connectivity index (χ1v) is 12.6. The SMILES string of the molecule is CCOc1ccc(N2C(=O)C(Cl)=C(Nc3ccc(CC(=O)Nc4ccccc4OC(C)C)cc3)C2=O)cc1. The van der Waals surface area contributed by atoms with Gasteiger partial charge in [-0.15, -0.1) is 0 Å². The highest BCUT2D eigenvalue weighted by Crippen LogP contribution is 2.31. The summed E-state index contributed by atoms with van der Waals surface area (Å²) in [6.07, 6.45) is 0.120. The molecule has 1 heterocycles. The highest BCUT2D eigenvalue weighted by molar-refractivity contribution is 6.53. The Hall–Kier alpha value is -4.30. The van der Waals surface area contributed by atoms with Crippen molar-refractivity contribution in [3.63, 3.8) is 0 Å². The summed E-state index contributed by atoms with van der Waals surface area (Å²) < 4.78 is 11.2. The first kappa shape index (κ1) is 26.8. The molecule has 196 valence electrons. The molecule has 0 bridgehead atoms. The molecule has 0 unspecified atom stereocenters. The first-order valence-electron chi connectivity index (χ1n) is 12.2. The Morgan fingerprint density at radius 2 is 1.63 bits per heavy atom. The summed E-state index contributed by atoms with van der Waals surface area (Å²) in [4.78, 5) is 39.4. The fraction of sp³-hybridized carbons (Fsp3) is 0.207. The fourth-order valence-electron chi connectivity index (χ4n) is 3.86. The maximum absolute atomic E-state index is 13.0. The molecule has 9 heteroatoms. The molecule has 1 aliphatic rings. The third-order valence-corrected chi connectivity index (χ3v) is 5.90. The molecule has 0 saturated carbocycles. The van der Waals surface area contributed by atoms with Crippen molar-refractivity contribution in [3.8, 4) is 11.5 Å². The minimum atomic E-state index is -0.613. The van der Waals surface area contributed by atoms with Crippen LogP contribution in [0.25, 0.3) is 0 Å². The van der Waals surface area contributed by atoms with Gasteiger partial charge in [-0.25, -0.2) is 4.90 Å². The van der Waals surface area contributed by atoms with Crippen LogP contribution in [0.5, 0.6) is 11.5 Å². The summed E-state index contributed by atoms with van der Waals surface area (Å²) in [5.41, 5.74) is 2.29. The molecule has 0 fully saturated rings. The standard InChI is InChI=1S/C29H28ClN3O5/c1-4-37-22-15-13-21(14-16-22)33-28(35)26(30)27(29(33)36)31-20-11-9-19(10-12-20)17-25(34)32-23-7-5-6-8-24(23)38-18(2)3/h5-16,18,31H,4,17H2,1-3H3,(H,32,34). The largest absolute Gasteiger partial charge is 0.494 e. The second-order valence-corrected chi connectivity index (χ2v) is 9.15. The van der Waals surface area contributed by atoms with E-state index < -0.39 is 11.8 Å². The van der Waals surface area contributed by atoms with Gasteiger partial charge in [-0.05, 0) is 74.9 Å². The van der Waals surface area contributed by atoms with E-state index in [2.05, 4.69) is 10.6 Å². The number of hydrogen-bond donors (Lipinski definition) is 2. The maximum atomic E-state index is 13.0. The number of imide groups is 1. The Bertz CT molecular complexity index is 1370. The quantitative estimate of drug-likeness (QED) is 0.334. The Morgan fingerprint density at radius 3 is 2.29 bits per heavy atom. The molecular formula is C29H28ClN3O5. The van der Waals surface area contributed by atoms with Gasteiger partial charge >= 0.3 is 0 Å². The van der Waals surface area contributed by atoms with Crippen LogP contribution in [-0.4, -0.2) is 30.4 Å². The number of nitrogens with zero attached hydrogens (tertiary/aromatic N) is 1. The summed E-state index contributed by atoms with van der Waals surface area (Å²) in [6, 6.07) is 20.8. The molecule has 1 aliphatic heterocycles. The van der Waals surface area contributed by atoms with Crippen molar-refractivity contribution >= 4 is 46.4 Å². The van der Waals surface area contributed by atoms with Gasteiger partial charge in [0.05, 0.1) is 30.5 Å². The molecule has 3 aromatic rings. The molecule has 38 heavy (non-hydrogen) atoms. The van der Waals surface area contributed by atoms with E-state index in [1.807, 2.05) is 39.0 Å². The third-order valence-electron chi connectivity index (χ3n) is 5.55. The molecule has 0 aliphatic carbocycles. The minimum Gasteiger partial charge on any atom is -0.494 e. The number of anilines is 3. The van der Waals surface area contributed by atoms with E-state index in [1.54, 1.807) is 54.6 Å². The molecule has 0 atom stereocenters. The summed E-state index contributed by atoms with van der Waals surface area (Å²) in [5, 5.41) is 5.63. The molecule has 0 radical (unpaired) electrons. The molecule has 3 amide bonds. The van der Waals surface area contributed by atoms with Crippen molar-refractivity contribution in [2.24, 2.45) is 0 Å². The Morgan fingerprint density at radius 1 is 0.947 bits per heavy atom. The molecule has 0 spiro atoms. The molecule has 8 nitrogen and oxygen atoms in total. The van der Waals surface area contributed by atoms with Crippen molar-refractivity contribution in [1.82, 2.24) is 0 Å². The van der Waals surface area contributed by atoms with Gasteiger partial charge in [-0.3, -0.25) is 14.4 Å². The molecular weight excluding hydrogens is 506 g/mol. The van der Waals surface area contributed by atoms with E-state index in [0.717, 1.165) is 10.5 Å². The molecule has 2 N–H and O–H groups in total. The van der Waals surface area contributed by atoms with E-state index in [-0.39, 0.29) is 29.2 Å². The van der Waals surface area contributed by atoms with E-state index in [4.69, 9.17) is 21.1 Å². The van der Waals surface area contributed by atoms with Gasteiger partial charge in [-0.2, -0.15) is 0 Å². The van der Waals surface area contributed by atoms with Crippen LogP contribution in [-0.2, 0) is 20.8 Å². The number of rotatable bonds is 10. The summed E-state index contributed by atoms with van der Waals surface area (Å²) >= 11 is 6.24. The lowest BCUT2D eigenvalue weighted by Crippen LogP contribution is -2.32. The normalized spacial score (nSPS) is 13.2. The van der Waals surface area contributed by atoms with Crippen molar-refractivity contribution in [1.29, 1.82) is 0 Å². The second kappa shape index (κ2) is 11.8. The van der Waals surface area contributed by atoms with Gasteiger partial charge < -0.3 is 20.1 Å². The summed E-state index contributed by atoms with van der Waals surface area (Å²) in [7, 11) is 0. The number of amides is 3. The van der Waals surface area contributed by atoms with E-state index in [0.29, 0.717) is 35.2 Å². The predicted molar refractivity (Wildman–Crippen MR) is 148 cm³/mol. The number of carbonyl (C=O) groups excluding carboxylic acids is 3. The molecule has 4 rings (SSSR count). The van der Waals surface area contributed by atoms with Crippen molar-refractivity contribution in [2.75, 3.05) is 22.1 Å². The number of ether oxygens (including phenoxy) is 2. The summed E-state index contributed by atoms with van der Waals surface area (Å²) in [6.45, 7) is 6.22. The minimum absolute atomic E-state index is 0.0159. The number of benzene rings is 3. The zero-order chi connectivity index (χ0) is 27.2. The number of nitrogens with one attached hydrogen (secondary N) is 2. The van der Waals surface area contributed by atoms with Crippen LogP contribution in [0.1, 0.15) is 26.3 Å². The van der Waals surface area contributed by atoms with Gasteiger partial charge in [0, 0.05) is 5.69 Å². The number of carbonyl (C=O) groups is 3. The molecule has 0 saturated heterocycles. The van der Waals surface area contributed by atoms with Crippen molar-refractivity contribution < 1.29 is 23.9 Å². The van der Waals surface area contributed by atoms with Crippen molar-refractivity contribution in [2.45, 2.75) is 33.3 Å². The van der Waals surface area contributed by atoms with Crippen LogP contribution in [0.3, 0.4) is 0 Å². The van der Waals surface area contributed by atoms with Gasteiger partial charge in [0.2, 0.25) is 5.91 Å². The average Bonchev–Trinajstić information content (AvgIpc) is 3.10. The van der Waals surface area contributed by atoms with Gasteiger partial charge in [0.25, 0.3) is 11.8 Å². The van der Waals surface area contributed by atoms with Gasteiger partial charge in [0.15, 0.2) is 0 Å². The van der Waals surface area contributed by atoms with Crippen LogP contribution >= 0.6 is 11.6 Å². The van der Waals surface area contributed by atoms with Gasteiger partial charge in [-0.1, -0.05) is 35.9 Å². The molecule has 3 aromatic carbocycles. The number of para-hydroxylation sites is 2. The summed E-state index contributed by atoms with van der Waals surface area (Å²) in [5.74, 6) is -0.127. The van der Waals surface area contributed by atoms with E-state index in [9.17, 15) is 14.4 Å². The van der Waals surface area contributed by atoms with Crippen LogP contribution in [0, 0.1) is 0 Å². The van der Waals surface area contributed by atoms with E-state index in [1.165, 1.54) is 0 Å². The Labute approximate surface area is 226 Å². The monoisotopic (exact) mass is 533 g/mol. The first-order chi connectivity index (χ1) is 18.3. The predicted octanol–water partition coefficient (Wildman–Crippen LogP) is 5.49. The van der Waals surface area contributed by atoms with E-state index >= 15 is 0 Å². The average molecular weight is 534 g/mol. The zero-order valence-corrected chi connectivity index (χ0v) is 22.0. The van der Waals surface area contributed by atoms with Crippen molar-refractivity contribution in [3.05, 3.63) is 89.1 Å². The maximum Gasteiger partial charge on any atom is 0.283 e. The Balaban J connectivity index is 1.40. The fourth-order valence-corrected chi connectivity index (χ4v) is 4.07. The smallest absolute Gasteiger partial charge is 0.283 e. The third kappa shape index (κ3) is 6.15. The van der Waals surface area contributed by atoms with Crippen LogP contribution in [0.15, 0.2) is 83.5 Å². The highest BCUT2D eigenvalue weighted by Gasteiger charge is 2.39. The molecule has 0 aromatic heterocycles. The van der Waals surface area contributed by atoms with Crippen LogP contribution in [0.4, 0.5) is 17.1 Å². The second-order valence-electron chi connectivity index (χ2n) is 8.77. The zero-order valence-electron chi connectivity index (χ0n) is 21.3. The Kier molecular flexibility index (Phi) is 8.33. The lowest BCUT2D eigenvalue weighted by Gasteiger charge is -2.16. The topological polar surface area (TPSA) is 97.0 Å². The lowest BCUT2D eigenvalue weighted by molar-refractivity contribution is -0.120. The highest BCUT2D eigenvalue weighted by atomic mass is 35.5. The van der Waals surface area contributed by atoms with Crippen LogP contribution < -0.4 is 25.0 Å². The number of hydrogen-bond acceptors (Lipinski definition) is 6. The van der Waals surface area contributed by atoms with Crippen LogP contribution in [0.2, 0.25) is 0 Å². The number of halogens is 1. The van der Waals surface area contributed by atoms with Gasteiger partial charge in [0.1, 0.15) is 22.2 Å². The lowest BCUT2D eigenvalue weighted by atomic mass is 10.1.